The van der Waals surface area contributed by atoms with Gasteiger partial charge in [-0.1, -0.05) is 19.4 Å². The van der Waals surface area contributed by atoms with Gasteiger partial charge in [0.25, 0.3) is 0 Å². The Morgan fingerprint density at radius 3 is 3.12 bits per heavy atom. The summed E-state index contributed by atoms with van der Waals surface area (Å²) in [6.45, 7) is 4.95. The second-order valence-electron chi connectivity index (χ2n) is 6.94. The van der Waals surface area contributed by atoms with E-state index in [4.69, 9.17) is 9.15 Å². The Labute approximate surface area is 142 Å². The average molecular weight is 328 g/mol. The molecule has 2 aromatic heterocycles. The van der Waals surface area contributed by atoms with Gasteiger partial charge in [0.15, 0.2) is 0 Å². The topological polar surface area (TPSA) is 64.3 Å². The normalized spacial score (nSPS) is 26.7. The third-order valence-corrected chi connectivity index (χ3v) is 5.57. The van der Waals surface area contributed by atoms with E-state index in [1.165, 1.54) is 12.8 Å². The zero-order chi connectivity index (χ0) is 16.6. The van der Waals surface area contributed by atoms with Gasteiger partial charge in [-0.15, -0.1) is 10.2 Å². The lowest BCUT2D eigenvalue weighted by Crippen LogP contribution is -2.32. The van der Waals surface area contributed by atoms with E-state index in [0.29, 0.717) is 5.92 Å². The zero-order valence-electron chi connectivity index (χ0n) is 14.4. The first-order valence-electron chi connectivity index (χ1n) is 8.78. The van der Waals surface area contributed by atoms with Gasteiger partial charge in [0.1, 0.15) is 0 Å². The fourth-order valence-electron chi connectivity index (χ4n) is 4.43. The van der Waals surface area contributed by atoms with Crippen LogP contribution in [-0.2, 0) is 18.4 Å². The molecule has 6 heteroatoms. The van der Waals surface area contributed by atoms with Gasteiger partial charge in [-0.2, -0.15) is 0 Å². The van der Waals surface area contributed by atoms with Gasteiger partial charge in [-0.3, -0.25) is 4.90 Å². The van der Waals surface area contributed by atoms with Gasteiger partial charge in [0.2, 0.25) is 17.7 Å². The quantitative estimate of drug-likeness (QED) is 0.840. The Bertz CT molecular complexity index is 717. The smallest absolute Gasteiger partial charge is 0.224 e. The van der Waals surface area contributed by atoms with Crippen LogP contribution in [0, 0.1) is 5.92 Å². The molecule has 4 rings (SSSR count). The van der Waals surface area contributed by atoms with E-state index >= 15 is 0 Å². The summed E-state index contributed by atoms with van der Waals surface area (Å²) in [6.07, 6.45) is 6.20. The van der Waals surface area contributed by atoms with Gasteiger partial charge in [-0.05, 0) is 24.8 Å². The molecule has 0 aromatic carbocycles. The number of likely N-dealkylation sites (tertiary alicyclic amines) is 1. The average Bonchev–Trinajstić information content (AvgIpc) is 3.28. The highest BCUT2D eigenvalue weighted by Crippen LogP contribution is 2.50. The molecule has 0 unspecified atom stereocenters. The number of aryl methyl sites for hydroxylation is 1. The van der Waals surface area contributed by atoms with Crippen molar-refractivity contribution < 1.29 is 9.15 Å². The van der Waals surface area contributed by atoms with Crippen LogP contribution in [0.4, 0.5) is 0 Å². The molecule has 3 heterocycles. The number of aromatic nitrogens is 3. The molecule has 1 saturated carbocycles. The van der Waals surface area contributed by atoms with E-state index in [1.807, 2.05) is 6.07 Å². The van der Waals surface area contributed by atoms with Crippen molar-refractivity contribution in [1.29, 1.82) is 0 Å². The number of methoxy groups -OCH3 is 1. The van der Waals surface area contributed by atoms with Crippen molar-refractivity contribution in [1.82, 2.24) is 20.1 Å². The van der Waals surface area contributed by atoms with E-state index in [0.717, 1.165) is 55.7 Å². The first kappa shape index (κ1) is 15.6. The van der Waals surface area contributed by atoms with Crippen molar-refractivity contribution in [2.75, 3.05) is 20.2 Å². The van der Waals surface area contributed by atoms with Crippen molar-refractivity contribution in [3.63, 3.8) is 0 Å². The van der Waals surface area contributed by atoms with Crippen LogP contribution in [0.1, 0.15) is 43.5 Å². The Kier molecular flexibility index (Phi) is 4.00. The van der Waals surface area contributed by atoms with Crippen LogP contribution >= 0.6 is 0 Å². The number of ether oxygens (including phenoxy) is 1. The molecule has 0 amide bonds. The molecule has 0 spiro atoms. The summed E-state index contributed by atoms with van der Waals surface area (Å²) in [4.78, 5) is 6.80. The van der Waals surface area contributed by atoms with Crippen LogP contribution in [-0.4, -0.2) is 40.3 Å². The predicted octanol–water partition coefficient (Wildman–Crippen LogP) is 2.59. The number of nitrogens with zero attached hydrogens (tertiary/aromatic N) is 4. The van der Waals surface area contributed by atoms with E-state index < -0.39 is 0 Å². The van der Waals surface area contributed by atoms with Gasteiger partial charge in [-0.25, -0.2) is 4.98 Å². The third kappa shape index (κ3) is 2.49. The van der Waals surface area contributed by atoms with Crippen molar-refractivity contribution in [3.05, 3.63) is 35.7 Å². The maximum absolute atomic E-state index is 5.98. The number of fused-ring (bicyclic) bond motifs is 1. The van der Waals surface area contributed by atoms with Crippen LogP contribution in [0.5, 0.6) is 5.88 Å². The van der Waals surface area contributed by atoms with Crippen molar-refractivity contribution in [2.45, 2.75) is 44.6 Å². The van der Waals surface area contributed by atoms with Gasteiger partial charge in [0, 0.05) is 37.8 Å². The summed E-state index contributed by atoms with van der Waals surface area (Å²) in [7, 11) is 1.68. The number of pyridine rings is 1. The number of hydrogen-bond acceptors (Lipinski definition) is 6. The van der Waals surface area contributed by atoms with Crippen LogP contribution < -0.4 is 4.74 Å². The molecule has 1 aliphatic heterocycles. The largest absolute Gasteiger partial charge is 0.481 e. The van der Waals surface area contributed by atoms with E-state index in [9.17, 15) is 0 Å². The molecule has 128 valence electrons. The zero-order valence-corrected chi connectivity index (χ0v) is 14.4. The van der Waals surface area contributed by atoms with Crippen LogP contribution in [0.25, 0.3) is 0 Å². The lowest BCUT2D eigenvalue weighted by atomic mass is 9.80. The first-order valence-corrected chi connectivity index (χ1v) is 8.78. The lowest BCUT2D eigenvalue weighted by Gasteiger charge is -2.24. The van der Waals surface area contributed by atoms with Crippen LogP contribution in [0.3, 0.4) is 0 Å². The highest BCUT2D eigenvalue weighted by Gasteiger charge is 2.53. The summed E-state index contributed by atoms with van der Waals surface area (Å²) >= 11 is 0. The minimum Gasteiger partial charge on any atom is -0.481 e. The minimum atomic E-state index is 0.0376. The summed E-state index contributed by atoms with van der Waals surface area (Å²) < 4.78 is 11.4. The molecule has 0 radical (unpaired) electrons. The second kappa shape index (κ2) is 6.16. The molecule has 2 aliphatic rings. The molecule has 1 saturated heterocycles. The summed E-state index contributed by atoms with van der Waals surface area (Å²) in [5.74, 6) is 2.92. The predicted molar refractivity (Wildman–Crippen MR) is 88.8 cm³/mol. The van der Waals surface area contributed by atoms with Crippen molar-refractivity contribution in [3.8, 4) is 5.88 Å². The number of hydrogen-bond donors (Lipinski definition) is 0. The third-order valence-electron chi connectivity index (χ3n) is 5.57. The summed E-state index contributed by atoms with van der Waals surface area (Å²) in [5, 5.41) is 8.60. The standard InChI is InChI=1S/C18H24N4O2/c1-3-15-20-21-17(24-15)18-8-4-7-14(18)11-22(12-18)10-13-6-5-9-19-16(13)23-2/h5-6,9,14H,3-4,7-8,10-12H2,1-2H3/t14-,18-/m0/s1. The highest BCUT2D eigenvalue weighted by atomic mass is 16.5. The fraction of sp³-hybridized carbons (Fsp3) is 0.611. The first-order chi connectivity index (χ1) is 11.7. The van der Waals surface area contributed by atoms with E-state index in [1.54, 1.807) is 13.3 Å². The maximum atomic E-state index is 5.98. The molecule has 1 aliphatic carbocycles. The fourth-order valence-corrected chi connectivity index (χ4v) is 4.43. The molecule has 0 N–H and O–H groups in total. The SMILES string of the molecule is CCc1nnc([C@]23CCC[C@H]2CN(Cc2cccnc2OC)C3)o1. The van der Waals surface area contributed by atoms with Crippen molar-refractivity contribution in [2.24, 2.45) is 5.92 Å². The van der Waals surface area contributed by atoms with Crippen molar-refractivity contribution >= 4 is 0 Å². The molecule has 2 atom stereocenters. The Morgan fingerprint density at radius 1 is 1.42 bits per heavy atom. The van der Waals surface area contributed by atoms with E-state index in [2.05, 4.69) is 33.1 Å². The minimum absolute atomic E-state index is 0.0376. The molecule has 2 aromatic rings. The monoisotopic (exact) mass is 328 g/mol. The molecule has 6 nitrogen and oxygen atoms in total. The van der Waals surface area contributed by atoms with Gasteiger partial charge < -0.3 is 9.15 Å². The Hall–Kier alpha value is -1.95. The molecule has 0 bridgehead atoms. The Balaban J connectivity index is 1.57. The number of rotatable bonds is 5. The van der Waals surface area contributed by atoms with Gasteiger partial charge >= 0.3 is 0 Å². The highest BCUT2D eigenvalue weighted by molar-refractivity contribution is 5.26. The summed E-state index contributed by atoms with van der Waals surface area (Å²) in [6, 6.07) is 4.06. The van der Waals surface area contributed by atoms with E-state index in [-0.39, 0.29) is 5.41 Å². The Morgan fingerprint density at radius 2 is 2.33 bits per heavy atom. The lowest BCUT2D eigenvalue weighted by molar-refractivity contribution is 0.261. The van der Waals surface area contributed by atoms with Crippen LogP contribution in [0.2, 0.25) is 0 Å². The molecular formula is C18H24N4O2. The summed E-state index contributed by atoms with van der Waals surface area (Å²) in [5.41, 5.74) is 1.17. The maximum Gasteiger partial charge on any atom is 0.224 e. The second-order valence-corrected chi connectivity index (χ2v) is 6.94. The molecule has 2 fully saturated rings. The van der Waals surface area contributed by atoms with Crippen LogP contribution in [0.15, 0.2) is 22.7 Å². The van der Waals surface area contributed by atoms with Gasteiger partial charge in [0.05, 0.1) is 12.5 Å². The molecular weight excluding hydrogens is 304 g/mol. The molecule has 24 heavy (non-hydrogen) atoms.